The number of anilines is 1. The smallest absolute Gasteiger partial charge is 0.196 e. The van der Waals surface area contributed by atoms with Crippen molar-refractivity contribution in [3.8, 4) is 6.07 Å². The fourth-order valence-electron chi connectivity index (χ4n) is 2.52. The van der Waals surface area contributed by atoms with Crippen LogP contribution >= 0.6 is 11.8 Å². The van der Waals surface area contributed by atoms with Crippen LogP contribution in [0.15, 0.2) is 28.3 Å². The summed E-state index contributed by atoms with van der Waals surface area (Å²) in [4.78, 5) is 1.05. The summed E-state index contributed by atoms with van der Waals surface area (Å²) in [6, 6.07) is 7.95. The number of nitrogens with two attached hydrogens (primary N) is 1. The molecule has 0 radical (unpaired) electrons. The zero-order valence-corrected chi connectivity index (χ0v) is 12.6. The predicted molar refractivity (Wildman–Crippen MR) is 81.9 cm³/mol. The molecule has 1 aromatic heterocycles. The van der Waals surface area contributed by atoms with Crippen molar-refractivity contribution in [1.29, 1.82) is 5.26 Å². The Balaban J connectivity index is 1.86. The summed E-state index contributed by atoms with van der Waals surface area (Å²) in [5, 5.41) is 18.4. The highest BCUT2D eigenvalue weighted by Crippen LogP contribution is 2.30. The van der Waals surface area contributed by atoms with Crippen LogP contribution in [-0.2, 0) is 19.4 Å². The van der Waals surface area contributed by atoms with Gasteiger partial charge in [0.15, 0.2) is 5.16 Å². The lowest BCUT2D eigenvalue weighted by Gasteiger charge is -2.08. The first-order valence-electron chi connectivity index (χ1n) is 7.13. The molecule has 6 heteroatoms. The summed E-state index contributed by atoms with van der Waals surface area (Å²) in [5.74, 6) is 1.09. The number of nitriles is 1. The fourth-order valence-corrected chi connectivity index (χ4v) is 3.46. The van der Waals surface area contributed by atoms with Gasteiger partial charge >= 0.3 is 0 Å². The van der Waals surface area contributed by atoms with Crippen LogP contribution in [-0.4, -0.2) is 14.8 Å². The molecule has 0 atom stereocenters. The molecule has 1 aromatic carbocycles. The van der Waals surface area contributed by atoms with Gasteiger partial charge in [-0.3, -0.25) is 0 Å². The summed E-state index contributed by atoms with van der Waals surface area (Å²) in [7, 11) is 0. The molecule has 0 unspecified atom stereocenters. The van der Waals surface area contributed by atoms with Crippen molar-refractivity contribution in [3.05, 3.63) is 29.6 Å². The maximum Gasteiger partial charge on any atom is 0.196 e. The van der Waals surface area contributed by atoms with Gasteiger partial charge in [0.05, 0.1) is 12.5 Å². The minimum atomic E-state index is 0.332. The van der Waals surface area contributed by atoms with Crippen molar-refractivity contribution in [3.63, 3.8) is 0 Å². The average Bonchev–Trinajstić information content (AvgIpc) is 2.71. The average molecular weight is 299 g/mol. The Morgan fingerprint density at radius 1 is 1.29 bits per heavy atom. The molecule has 0 amide bonds. The molecule has 0 aliphatic carbocycles. The van der Waals surface area contributed by atoms with Gasteiger partial charge in [0.1, 0.15) is 5.82 Å². The normalized spacial score (nSPS) is 14.2. The van der Waals surface area contributed by atoms with Gasteiger partial charge in [0.2, 0.25) is 0 Å². The third kappa shape index (κ3) is 3.03. The van der Waals surface area contributed by atoms with Crippen LogP contribution in [0.5, 0.6) is 0 Å². The Bertz CT molecular complexity index is 686. The van der Waals surface area contributed by atoms with E-state index in [0.29, 0.717) is 12.1 Å². The van der Waals surface area contributed by atoms with Crippen LogP contribution in [0.3, 0.4) is 0 Å². The Morgan fingerprint density at radius 3 is 3.05 bits per heavy atom. The SMILES string of the molecule is N#CCc1cc(Sc2nnc3n2CCCCC3)ccc1N. The molecular weight excluding hydrogens is 282 g/mol. The highest BCUT2D eigenvalue weighted by Gasteiger charge is 2.15. The number of nitrogen functional groups attached to an aromatic ring is 1. The van der Waals surface area contributed by atoms with Crippen molar-refractivity contribution in [2.75, 3.05) is 5.73 Å². The molecule has 0 bridgehead atoms. The minimum Gasteiger partial charge on any atom is -0.398 e. The van der Waals surface area contributed by atoms with Crippen molar-refractivity contribution in [1.82, 2.24) is 14.8 Å². The maximum atomic E-state index is 8.84. The quantitative estimate of drug-likeness (QED) is 0.881. The van der Waals surface area contributed by atoms with Crippen molar-refractivity contribution >= 4 is 17.4 Å². The molecule has 2 N–H and O–H groups in total. The fraction of sp³-hybridized carbons (Fsp3) is 0.400. The number of rotatable bonds is 3. The van der Waals surface area contributed by atoms with Crippen molar-refractivity contribution in [2.45, 2.75) is 48.7 Å². The molecule has 2 aromatic rings. The summed E-state index contributed by atoms with van der Waals surface area (Å²) >= 11 is 1.59. The summed E-state index contributed by atoms with van der Waals surface area (Å²) in [6.07, 6.45) is 4.96. The number of aromatic nitrogens is 3. The zero-order chi connectivity index (χ0) is 14.7. The second kappa shape index (κ2) is 6.19. The lowest BCUT2D eigenvalue weighted by molar-refractivity contribution is 0.591. The van der Waals surface area contributed by atoms with Gasteiger partial charge in [-0.2, -0.15) is 5.26 Å². The number of fused-ring (bicyclic) bond motifs is 1. The van der Waals surface area contributed by atoms with Crippen LogP contribution in [0.2, 0.25) is 0 Å². The third-order valence-corrected chi connectivity index (χ3v) is 4.64. The van der Waals surface area contributed by atoms with Gasteiger partial charge in [-0.15, -0.1) is 10.2 Å². The van der Waals surface area contributed by atoms with Crippen molar-refractivity contribution in [2.24, 2.45) is 0 Å². The Kier molecular flexibility index (Phi) is 4.11. The molecule has 1 aliphatic heterocycles. The van der Waals surface area contributed by atoms with Crippen LogP contribution in [0, 0.1) is 11.3 Å². The highest BCUT2D eigenvalue weighted by molar-refractivity contribution is 7.99. The standard InChI is InChI=1S/C15H17N5S/c16-8-7-11-10-12(5-6-13(11)17)21-15-19-18-14-4-2-1-3-9-20(14)15/h5-6,10H,1-4,7,9,17H2. The van der Waals surface area contributed by atoms with Crippen molar-refractivity contribution < 1.29 is 0 Å². The number of nitrogens with zero attached hydrogens (tertiary/aromatic N) is 4. The predicted octanol–water partition coefficient (Wildman–Crippen LogP) is 2.80. The van der Waals surface area contributed by atoms with Gasteiger partial charge in [-0.25, -0.2) is 0 Å². The lowest BCUT2D eigenvalue weighted by atomic mass is 10.1. The van der Waals surface area contributed by atoms with Crippen LogP contribution < -0.4 is 5.73 Å². The molecule has 0 spiro atoms. The van der Waals surface area contributed by atoms with Gasteiger partial charge in [-0.1, -0.05) is 6.42 Å². The maximum absolute atomic E-state index is 8.84. The van der Waals surface area contributed by atoms with E-state index in [0.717, 1.165) is 34.4 Å². The van der Waals surface area contributed by atoms with E-state index in [2.05, 4.69) is 20.8 Å². The van der Waals surface area contributed by atoms with E-state index in [-0.39, 0.29) is 0 Å². The minimum absolute atomic E-state index is 0.332. The van der Waals surface area contributed by atoms with Crippen LogP contribution in [0.1, 0.15) is 30.7 Å². The molecule has 21 heavy (non-hydrogen) atoms. The number of benzene rings is 1. The molecule has 0 saturated carbocycles. The second-order valence-corrected chi connectivity index (χ2v) is 6.20. The van der Waals surface area contributed by atoms with Crippen LogP contribution in [0.4, 0.5) is 5.69 Å². The first kappa shape index (κ1) is 14.0. The molecule has 1 aliphatic rings. The second-order valence-electron chi connectivity index (χ2n) is 5.16. The Labute approximate surface area is 128 Å². The van der Waals surface area contributed by atoms with E-state index < -0.39 is 0 Å². The topological polar surface area (TPSA) is 80.5 Å². The van der Waals surface area contributed by atoms with Gasteiger partial charge < -0.3 is 10.3 Å². The summed E-state index contributed by atoms with van der Waals surface area (Å²) in [5.41, 5.74) is 7.43. The highest BCUT2D eigenvalue weighted by atomic mass is 32.2. The number of aryl methyl sites for hydroxylation is 1. The monoisotopic (exact) mass is 299 g/mol. The molecule has 108 valence electrons. The first-order chi connectivity index (χ1) is 10.3. The molecule has 0 saturated heterocycles. The van der Waals surface area contributed by atoms with Crippen LogP contribution in [0.25, 0.3) is 0 Å². The Morgan fingerprint density at radius 2 is 2.19 bits per heavy atom. The molecule has 5 nitrogen and oxygen atoms in total. The molecular formula is C15H17N5S. The zero-order valence-electron chi connectivity index (χ0n) is 11.7. The summed E-state index contributed by atoms with van der Waals surface area (Å²) < 4.78 is 2.22. The van der Waals surface area contributed by atoms with Gasteiger partial charge in [-0.05, 0) is 48.4 Å². The first-order valence-corrected chi connectivity index (χ1v) is 7.95. The third-order valence-electron chi connectivity index (χ3n) is 3.67. The Hall–Kier alpha value is -2.00. The largest absolute Gasteiger partial charge is 0.398 e. The molecule has 3 rings (SSSR count). The van der Waals surface area contributed by atoms with Gasteiger partial charge in [0, 0.05) is 23.5 Å². The number of hydrogen-bond acceptors (Lipinski definition) is 5. The summed E-state index contributed by atoms with van der Waals surface area (Å²) in [6.45, 7) is 0.991. The van der Waals surface area contributed by atoms with E-state index in [4.69, 9.17) is 11.0 Å². The van der Waals surface area contributed by atoms with E-state index in [9.17, 15) is 0 Å². The van der Waals surface area contributed by atoms with Gasteiger partial charge in [0.25, 0.3) is 0 Å². The molecule has 2 heterocycles. The van der Waals surface area contributed by atoms with E-state index in [1.165, 1.54) is 19.3 Å². The van der Waals surface area contributed by atoms with E-state index in [1.807, 2.05) is 18.2 Å². The molecule has 0 fully saturated rings. The van der Waals surface area contributed by atoms with E-state index >= 15 is 0 Å². The van der Waals surface area contributed by atoms with E-state index in [1.54, 1.807) is 11.8 Å². The lowest BCUT2D eigenvalue weighted by Crippen LogP contribution is -2.02. The number of hydrogen-bond donors (Lipinski definition) is 1.